The molecule has 0 spiro atoms. The highest BCUT2D eigenvalue weighted by molar-refractivity contribution is 5.73. The minimum absolute atomic E-state index is 0.273. The van der Waals surface area contributed by atoms with Gasteiger partial charge in [-0.25, -0.2) is 15.1 Å². The van der Waals surface area contributed by atoms with Gasteiger partial charge < -0.3 is 9.30 Å². The Balaban J connectivity index is 1.75. The Bertz CT molecular complexity index is 701. The van der Waals surface area contributed by atoms with Gasteiger partial charge in [-0.05, 0) is 29.0 Å². The minimum atomic E-state index is 0.273. The molecule has 4 heterocycles. The van der Waals surface area contributed by atoms with Crippen molar-refractivity contribution in [1.29, 1.82) is 0 Å². The van der Waals surface area contributed by atoms with E-state index in [0.717, 1.165) is 30.7 Å². The van der Waals surface area contributed by atoms with E-state index in [-0.39, 0.29) is 6.10 Å². The van der Waals surface area contributed by atoms with Gasteiger partial charge in [0.2, 0.25) is 0 Å². The first-order valence-electron chi connectivity index (χ1n) is 6.08. The standard InChI is InChI=1S/C11H11N7O/c1-2-9-11(13-8(1)10-14-16-17-15-10)18(6-12-9)5-7-3-4-19-7/h1-2,6-7H,3-5H2,(H,14,15,16,17). The molecule has 8 heteroatoms. The molecule has 1 N–H and O–H groups in total. The number of fused-ring (bicyclic) bond motifs is 1. The van der Waals surface area contributed by atoms with E-state index in [1.165, 1.54) is 0 Å². The van der Waals surface area contributed by atoms with Crippen molar-refractivity contribution >= 4 is 11.2 Å². The molecule has 3 aromatic rings. The van der Waals surface area contributed by atoms with Gasteiger partial charge >= 0.3 is 0 Å². The second-order valence-corrected chi connectivity index (χ2v) is 4.47. The fourth-order valence-electron chi connectivity index (χ4n) is 2.12. The maximum atomic E-state index is 5.44. The molecule has 1 atom stereocenters. The van der Waals surface area contributed by atoms with Crippen molar-refractivity contribution in [3.63, 3.8) is 0 Å². The number of hydrogen-bond donors (Lipinski definition) is 1. The lowest BCUT2D eigenvalue weighted by Gasteiger charge is -2.26. The second kappa shape index (κ2) is 4.09. The predicted molar refractivity (Wildman–Crippen MR) is 65.1 cm³/mol. The summed E-state index contributed by atoms with van der Waals surface area (Å²) in [5, 5.41) is 13.7. The lowest BCUT2D eigenvalue weighted by Crippen LogP contribution is -2.31. The summed E-state index contributed by atoms with van der Waals surface area (Å²) in [6.07, 6.45) is 3.16. The smallest absolute Gasteiger partial charge is 0.198 e. The molecule has 1 aliphatic rings. The van der Waals surface area contributed by atoms with Gasteiger partial charge in [-0.3, -0.25) is 0 Å². The van der Waals surface area contributed by atoms with Gasteiger partial charge in [-0.2, -0.15) is 0 Å². The van der Waals surface area contributed by atoms with Gasteiger partial charge in [0.25, 0.3) is 0 Å². The van der Waals surface area contributed by atoms with Crippen LogP contribution in [0.25, 0.3) is 22.7 Å². The van der Waals surface area contributed by atoms with E-state index < -0.39 is 0 Å². The van der Waals surface area contributed by atoms with E-state index >= 15 is 0 Å². The monoisotopic (exact) mass is 257 g/mol. The molecule has 4 rings (SSSR count). The molecule has 0 bridgehead atoms. The molecule has 0 radical (unpaired) electrons. The second-order valence-electron chi connectivity index (χ2n) is 4.47. The number of imidazole rings is 1. The molecule has 3 aromatic heterocycles. The molecule has 8 nitrogen and oxygen atoms in total. The molecular weight excluding hydrogens is 246 g/mol. The molecule has 1 aliphatic heterocycles. The summed E-state index contributed by atoms with van der Waals surface area (Å²) in [7, 11) is 0. The molecule has 96 valence electrons. The average Bonchev–Trinajstić information content (AvgIpc) is 3.03. The van der Waals surface area contributed by atoms with E-state index in [1.54, 1.807) is 6.33 Å². The quantitative estimate of drug-likeness (QED) is 0.729. The number of pyridine rings is 1. The fourth-order valence-corrected chi connectivity index (χ4v) is 2.12. The Labute approximate surface area is 107 Å². The van der Waals surface area contributed by atoms with Crippen molar-refractivity contribution in [3.05, 3.63) is 18.5 Å². The number of H-pyrrole nitrogens is 1. The highest BCUT2D eigenvalue weighted by Crippen LogP contribution is 2.19. The van der Waals surface area contributed by atoms with Gasteiger partial charge in [0, 0.05) is 6.61 Å². The zero-order valence-electron chi connectivity index (χ0n) is 10.0. The first-order valence-corrected chi connectivity index (χ1v) is 6.08. The third-order valence-corrected chi connectivity index (χ3v) is 3.24. The largest absolute Gasteiger partial charge is 0.376 e. The number of aromatic nitrogens is 7. The van der Waals surface area contributed by atoms with E-state index in [9.17, 15) is 0 Å². The van der Waals surface area contributed by atoms with Crippen LogP contribution in [0.3, 0.4) is 0 Å². The van der Waals surface area contributed by atoms with Gasteiger partial charge in [0.1, 0.15) is 11.2 Å². The van der Waals surface area contributed by atoms with E-state index in [4.69, 9.17) is 4.74 Å². The number of tetrazole rings is 1. The van der Waals surface area contributed by atoms with Crippen LogP contribution in [0.4, 0.5) is 0 Å². The summed E-state index contributed by atoms with van der Waals surface area (Å²) in [5.74, 6) is 0.551. The van der Waals surface area contributed by atoms with Crippen LogP contribution in [0, 0.1) is 0 Å². The number of nitrogens with one attached hydrogen (secondary N) is 1. The van der Waals surface area contributed by atoms with Crippen LogP contribution in [0.1, 0.15) is 6.42 Å². The van der Waals surface area contributed by atoms with Crippen molar-refractivity contribution < 1.29 is 4.74 Å². The molecule has 0 saturated carbocycles. The van der Waals surface area contributed by atoms with Gasteiger partial charge in [0.15, 0.2) is 11.5 Å². The van der Waals surface area contributed by atoms with E-state index in [0.29, 0.717) is 11.5 Å². The van der Waals surface area contributed by atoms with Gasteiger partial charge in [-0.15, -0.1) is 5.10 Å². The third kappa shape index (κ3) is 1.76. The summed E-state index contributed by atoms with van der Waals surface area (Å²) in [6.45, 7) is 1.63. The topological polar surface area (TPSA) is 94.4 Å². The Kier molecular flexibility index (Phi) is 2.27. The Morgan fingerprint density at radius 3 is 3.11 bits per heavy atom. The van der Waals surface area contributed by atoms with Crippen LogP contribution in [0.5, 0.6) is 0 Å². The molecule has 0 aromatic carbocycles. The number of ether oxygens (including phenoxy) is 1. The Morgan fingerprint density at radius 1 is 1.42 bits per heavy atom. The zero-order valence-corrected chi connectivity index (χ0v) is 10.0. The van der Waals surface area contributed by atoms with Crippen molar-refractivity contribution in [2.75, 3.05) is 6.61 Å². The maximum absolute atomic E-state index is 5.44. The molecule has 0 amide bonds. The maximum Gasteiger partial charge on any atom is 0.198 e. The first kappa shape index (κ1) is 10.6. The molecule has 1 fully saturated rings. The summed E-state index contributed by atoms with van der Waals surface area (Å²) < 4.78 is 7.45. The average molecular weight is 257 g/mol. The zero-order chi connectivity index (χ0) is 12.7. The van der Waals surface area contributed by atoms with Gasteiger partial charge in [-0.1, -0.05) is 0 Å². The van der Waals surface area contributed by atoms with Gasteiger partial charge in [0.05, 0.1) is 19.0 Å². The lowest BCUT2D eigenvalue weighted by molar-refractivity contribution is -0.0587. The van der Waals surface area contributed by atoms with Crippen LogP contribution in [0.2, 0.25) is 0 Å². The summed E-state index contributed by atoms with van der Waals surface area (Å²) in [4.78, 5) is 8.90. The van der Waals surface area contributed by atoms with Crippen molar-refractivity contribution in [2.45, 2.75) is 19.1 Å². The van der Waals surface area contributed by atoms with Crippen molar-refractivity contribution in [1.82, 2.24) is 35.2 Å². The van der Waals surface area contributed by atoms with Crippen LogP contribution < -0.4 is 0 Å². The Morgan fingerprint density at radius 2 is 2.37 bits per heavy atom. The van der Waals surface area contributed by atoms with Crippen molar-refractivity contribution in [3.8, 4) is 11.5 Å². The Hall–Kier alpha value is -2.35. The van der Waals surface area contributed by atoms with E-state index in [2.05, 4.69) is 30.6 Å². The fraction of sp³-hybridized carbons (Fsp3) is 0.364. The molecule has 1 unspecified atom stereocenters. The van der Waals surface area contributed by atoms with Crippen molar-refractivity contribution in [2.24, 2.45) is 0 Å². The molecule has 0 aliphatic carbocycles. The van der Waals surface area contributed by atoms with Crippen LogP contribution in [-0.4, -0.2) is 47.9 Å². The molecule has 1 saturated heterocycles. The summed E-state index contributed by atoms with van der Waals surface area (Å²) >= 11 is 0. The highest BCUT2D eigenvalue weighted by atomic mass is 16.5. The normalized spacial score (nSPS) is 18.6. The minimum Gasteiger partial charge on any atom is -0.376 e. The predicted octanol–water partition coefficient (Wildman–Crippen LogP) is 0.400. The van der Waals surface area contributed by atoms with E-state index in [1.807, 2.05) is 16.7 Å². The number of aromatic amines is 1. The SMILES string of the molecule is c1cc2ncn(CC3CCO3)c2nc1-c1nnn[nH]1. The number of nitrogens with zero attached hydrogens (tertiary/aromatic N) is 6. The van der Waals surface area contributed by atoms with Crippen LogP contribution in [-0.2, 0) is 11.3 Å². The first-order chi connectivity index (χ1) is 9.40. The molecule has 19 heavy (non-hydrogen) atoms. The lowest BCUT2D eigenvalue weighted by atomic mass is 10.2. The highest BCUT2D eigenvalue weighted by Gasteiger charge is 2.20. The molecular formula is C11H11N7O. The summed E-state index contributed by atoms with van der Waals surface area (Å²) in [6, 6.07) is 3.76. The number of rotatable bonds is 3. The summed E-state index contributed by atoms with van der Waals surface area (Å²) in [5.41, 5.74) is 2.38. The number of hydrogen-bond acceptors (Lipinski definition) is 6. The van der Waals surface area contributed by atoms with Crippen LogP contribution in [0.15, 0.2) is 18.5 Å². The third-order valence-electron chi connectivity index (χ3n) is 3.24. The van der Waals surface area contributed by atoms with Crippen LogP contribution >= 0.6 is 0 Å².